The minimum atomic E-state index is -0.927. The van der Waals surface area contributed by atoms with E-state index in [4.69, 9.17) is 6.42 Å². The maximum absolute atomic E-state index is 9.61. The van der Waals surface area contributed by atoms with Crippen LogP contribution in [0.15, 0.2) is 12.2 Å². The first-order valence-electron chi connectivity index (χ1n) is 3.84. The van der Waals surface area contributed by atoms with Crippen molar-refractivity contribution in [1.29, 1.82) is 0 Å². The topological polar surface area (TPSA) is 20.2 Å². The molecule has 0 heterocycles. The Balaban J connectivity index is 2.58. The molecule has 0 aliphatic heterocycles. The van der Waals surface area contributed by atoms with Gasteiger partial charge in [0.15, 0.2) is 0 Å². The summed E-state index contributed by atoms with van der Waals surface area (Å²) >= 11 is 0. The van der Waals surface area contributed by atoms with Crippen LogP contribution in [-0.2, 0) is 0 Å². The molecule has 0 radical (unpaired) electrons. The zero-order valence-corrected chi connectivity index (χ0v) is 7.09. The van der Waals surface area contributed by atoms with Crippen LogP contribution in [-0.4, -0.2) is 10.7 Å². The first-order chi connectivity index (χ1) is 4.99. The molecule has 1 N–H and O–H groups in total. The van der Waals surface area contributed by atoms with E-state index < -0.39 is 5.60 Å². The van der Waals surface area contributed by atoms with Gasteiger partial charge in [0.2, 0.25) is 0 Å². The highest BCUT2D eigenvalue weighted by atomic mass is 16.3. The van der Waals surface area contributed by atoms with Gasteiger partial charge in [-0.1, -0.05) is 18.1 Å². The van der Waals surface area contributed by atoms with Crippen LogP contribution in [0.3, 0.4) is 0 Å². The van der Waals surface area contributed by atoms with Gasteiger partial charge in [-0.15, -0.1) is 6.42 Å². The van der Waals surface area contributed by atoms with Crippen molar-refractivity contribution in [2.45, 2.75) is 25.9 Å². The summed E-state index contributed by atoms with van der Waals surface area (Å²) in [6, 6.07) is 0. The van der Waals surface area contributed by atoms with Gasteiger partial charge < -0.3 is 5.11 Å². The number of aliphatic hydroxyl groups is 1. The maximum Gasteiger partial charge on any atom is 0.125 e. The Morgan fingerprint density at radius 2 is 2.36 bits per heavy atom. The van der Waals surface area contributed by atoms with E-state index in [0.717, 1.165) is 12.0 Å². The first-order valence-corrected chi connectivity index (χ1v) is 3.84. The molecular formula is C10H14O. The monoisotopic (exact) mass is 150 g/mol. The molecule has 1 aliphatic carbocycles. The summed E-state index contributed by atoms with van der Waals surface area (Å²) < 4.78 is 0. The minimum Gasteiger partial charge on any atom is -0.378 e. The lowest BCUT2D eigenvalue weighted by molar-refractivity contribution is 0.0939. The standard InChI is InChI=1S/C10H14O/c1-5-10(4,11)9-6-8(9)7(2)3/h1,8-9,11H,2,6H2,3-4H3/t8-,9+,10?/m1/s1. The second kappa shape index (κ2) is 2.39. The lowest BCUT2D eigenvalue weighted by atomic mass is 9.98. The smallest absolute Gasteiger partial charge is 0.125 e. The largest absolute Gasteiger partial charge is 0.378 e. The molecular weight excluding hydrogens is 136 g/mol. The average molecular weight is 150 g/mol. The van der Waals surface area contributed by atoms with E-state index >= 15 is 0 Å². The molecule has 1 saturated carbocycles. The highest BCUT2D eigenvalue weighted by Gasteiger charge is 2.48. The fourth-order valence-corrected chi connectivity index (χ4v) is 1.47. The molecule has 1 unspecified atom stereocenters. The third-order valence-corrected chi connectivity index (χ3v) is 2.44. The third kappa shape index (κ3) is 1.46. The Labute approximate surface area is 68.1 Å². The van der Waals surface area contributed by atoms with Gasteiger partial charge in [0.05, 0.1) is 0 Å². The van der Waals surface area contributed by atoms with Crippen LogP contribution < -0.4 is 0 Å². The fraction of sp³-hybridized carbons (Fsp3) is 0.600. The molecule has 0 spiro atoms. The predicted molar refractivity (Wildman–Crippen MR) is 45.9 cm³/mol. The number of hydrogen-bond acceptors (Lipinski definition) is 1. The van der Waals surface area contributed by atoms with Crippen molar-refractivity contribution in [3.63, 3.8) is 0 Å². The molecule has 0 aromatic heterocycles. The molecule has 0 amide bonds. The number of rotatable bonds is 2. The van der Waals surface area contributed by atoms with Crippen LogP contribution in [0.25, 0.3) is 0 Å². The molecule has 0 bridgehead atoms. The Hall–Kier alpha value is -0.740. The fourth-order valence-electron chi connectivity index (χ4n) is 1.47. The Morgan fingerprint density at radius 1 is 1.82 bits per heavy atom. The van der Waals surface area contributed by atoms with E-state index in [0.29, 0.717) is 5.92 Å². The van der Waals surface area contributed by atoms with Gasteiger partial charge in [-0.2, -0.15) is 0 Å². The lowest BCUT2D eigenvalue weighted by Crippen LogP contribution is -2.25. The molecule has 1 aliphatic rings. The average Bonchev–Trinajstić information content (AvgIpc) is 2.65. The zero-order chi connectivity index (χ0) is 8.65. The van der Waals surface area contributed by atoms with E-state index in [9.17, 15) is 5.11 Å². The third-order valence-electron chi connectivity index (χ3n) is 2.44. The van der Waals surface area contributed by atoms with Crippen LogP contribution >= 0.6 is 0 Å². The normalized spacial score (nSPS) is 33.6. The molecule has 60 valence electrons. The van der Waals surface area contributed by atoms with Crippen molar-refractivity contribution in [2.75, 3.05) is 0 Å². The Kier molecular flexibility index (Phi) is 1.82. The quantitative estimate of drug-likeness (QED) is 0.468. The second-order valence-corrected chi connectivity index (χ2v) is 3.59. The van der Waals surface area contributed by atoms with Crippen molar-refractivity contribution in [3.8, 4) is 12.3 Å². The molecule has 1 fully saturated rings. The molecule has 11 heavy (non-hydrogen) atoms. The van der Waals surface area contributed by atoms with E-state index in [1.165, 1.54) is 0 Å². The molecule has 0 aromatic rings. The summed E-state index contributed by atoms with van der Waals surface area (Å²) in [5.41, 5.74) is 0.203. The second-order valence-electron chi connectivity index (χ2n) is 3.59. The summed E-state index contributed by atoms with van der Waals surface area (Å²) in [6.45, 7) is 7.51. The van der Waals surface area contributed by atoms with Crippen LogP contribution in [0.4, 0.5) is 0 Å². The Morgan fingerprint density at radius 3 is 2.64 bits per heavy atom. The summed E-state index contributed by atoms with van der Waals surface area (Å²) in [5.74, 6) is 3.09. The minimum absolute atomic E-state index is 0.241. The highest BCUT2D eigenvalue weighted by Crippen LogP contribution is 2.49. The van der Waals surface area contributed by atoms with Gasteiger partial charge in [-0.3, -0.25) is 0 Å². The van der Waals surface area contributed by atoms with Gasteiger partial charge in [-0.05, 0) is 26.2 Å². The van der Waals surface area contributed by atoms with Crippen molar-refractivity contribution in [3.05, 3.63) is 12.2 Å². The van der Waals surface area contributed by atoms with E-state index in [-0.39, 0.29) is 5.92 Å². The summed E-state index contributed by atoms with van der Waals surface area (Å²) in [4.78, 5) is 0. The maximum atomic E-state index is 9.61. The summed E-state index contributed by atoms with van der Waals surface area (Å²) in [5, 5.41) is 9.61. The summed E-state index contributed by atoms with van der Waals surface area (Å²) in [7, 11) is 0. The van der Waals surface area contributed by atoms with Crippen LogP contribution in [0.1, 0.15) is 20.3 Å². The van der Waals surface area contributed by atoms with Gasteiger partial charge in [0.1, 0.15) is 5.60 Å². The SMILES string of the molecule is C#CC(C)(O)[C@H]1C[C@@H]1C(=C)C. The molecule has 1 heteroatoms. The summed E-state index contributed by atoms with van der Waals surface area (Å²) in [6.07, 6.45) is 6.17. The van der Waals surface area contributed by atoms with E-state index in [2.05, 4.69) is 12.5 Å². The first kappa shape index (κ1) is 8.36. The molecule has 1 rings (SSSR count). The van der Waals surface area contributed by atoms with Crippen molar-refractivity contribution in [2.24, 2.45) is 11.8 Å². The van der Waals surface area contributed by atoms with Crippen molar-refractivity contribution >= 4 is 0 Å². The number of hydrogen-bond donors (Lipinski definition) is 1. The molecule has 3 atom stereocenters. The number of allylic oxidation sites excluding steroid dienone is 1. The van der Waals surface area contributed by atoms with Gasteiger partial charge >= 0.3 is 0 Å². The van der Waals surface area contributed by atoms with Crippen LogP contribution in [0.5, 0.6) is 0 Å². The molecule has 0 saturated heterocycles. The van der Waals surface area contributed by atoms with E-state index in [1.807, 2.05) is 6.92 Å². The van der Waals surface area contributed by atoms with Gasteiger partial charge in [0.25, 0.3) is 0 Å². The van der Waals surface area contributed by atoms with E-state index in [1.54, 1.807) is 6.92 Å². The van der Waals surface area contributed by atoms with Crippen molar-refractivity contribution in [1.82, 2.24) is 0 Å². The Bertz CT molecular complexity index is 220. The zero-order valence-electron chi connectivity index (χ0n) is 7.09. The molecule has 1 nitrogen and oxygen atoms in total. The van der Waals surface area contributed by atoms with Crippen molar-refractivity contribution < 1.29 is 5.11 Å². The van der Waals surface area contributed by atoms with Crippen LogP contribution in [0.2, 0.25) is 0 Å². The predicted octanol–water partition coefficient (Wildman–Crippen LogP) is 1.58. The highest BCUT2D eigenvalue weighted by molar-refractivity contribution is 5.21. The number of terminal acetylenes is 1. The van der Waals surface area contributed by atoms with Gasteiger partial charge in [0, 0.05) is 5.92 Å². The lowest BCUT2D eigenvalue weighted by Gasteiger charge is -2.15. The molecule has 0 aromatic carbocycles. The van der Waals surface area contributed by atoms with Crippen LogP contribution in [0, 0.1) is 24.2 Å². The van der Waals surface area contributed by atoms with Gasteiger partial charge in [-0.25, -0.2) is 0 Å².